The molecule has 1 aromatic heterocycles. The van der Waals surface area contributed by atoms with Gasteiger partial charge in [0.25, 0.3) is 0 Å². The predicted molar refractivity (Wildman–Crippen MR) is 93.0 cm³/mol. The van der Waals surface area contributed by atoms with Gasteiger partial charge in [0.2, 0.25) is 5.91 Å². The predicted octanol–water partition coefficient (Wildman–Crippen LogP) is 1.95. The highest BCUT2D eigenvalue weighted by molar-refractivity contribution is 5.85. The maximum Gasteiger partial charge on any atom is 0.230 e. The number of nitriles is 1. The maximum atomic E-state index is 13.4. The van der Waals surface area contributed by atoms with Crippen molar-refractivity contribution in [2.24, 2.45) is 5.41 Å². The second-order valence-electron chi connectivity index (χ2n) is 7.38. The molecule has 4 heterocycles. The van der Waals surface area contributed by atoms with Gasteiger partial charge in [-0.2, -0.15) is 5.26 Å². The van der Waals surface area contributed by atoms with Crippen molar-refractivity contribution in [2.45, 2.75) is 38.1 Å². The van der Waals surface area contributed by atoms with Gasteiger partial charge in [0.1, 0.15) is 11.9 Å². The second kappa shape index (κ2) is 6.64. The van der Waals surface area contributed by atoms with E-state index in [0.29, 0.717) is 24.1 Å². The number of aromatic nitrogens is 1. The highest BCUT2D eigenvalue weighted by Crippen LogP contribution is 2.42. The minimum atomic E-state index is -0.305. The van der Waals surface area contributed by atoms with E-state index in [2.05, 4.69) is 20.9 Å². The molecule has 0 N–H and O–H groups in total. The molecule has 0 unspecified atom stereocenters. The fourth-order valence-electron chi connectivity index (χ4n) is 4.61. The van der Waals surface area contributed by atoms with Gasteiger partial charge >= 0.3 is 0 Å². The Bertz CT molecular complexity index is 695. The van der Waals surface area contributed by atoms with E-state index >= 15 is 0 Å². The summed E-state index contributed by atoms with van der Waals surface area (Å²) in [4.78, 5) is 22.0. The minimum absolute atomic E-state index is 0.305. The largest absolute Gasteiger partial charge is 0.381 e. The molecule has 0 bridgehead atoms. The van der Waals surface area contributed by atoms with Crippen molar-refractivity contribution in [3.8, 4) is 6.07 Å². The Balaban J connectivity index is 1.54. The minimum Gasteiger partial charge on any atom is -0.381 e. The maximum absolute atomic E-state index is 13.4. The fraction of sp³-hybridized carbons (Fsp3) is 0.632. The van der Waals surface area contributed by atoms with Crippen molar-refractivity contribution in [3.05, 3.63) is 23.9 Å². The van der Waals surface area contributed by atoms with Crippen LogP contribution in [0.4, 0.5) is 5.82 Å². The summed E-state index contributed by atoms with van der Waals surface area (Å²) in [7, 11) is 0. The molecule has 1 aromatic rings. The normalized spacial score (nSPS) is 27.7. The molecule has 3 fully saturated rings. The number of pyridine rings is 1. The lowest BCUT2D eigenvalue weighted by atomic mass is 9.77. The molecule has 0 aliphatic carbocycles. The zero-order valence-corrected chi connectivity index (χ0v) is 14.5. The molecule has 0 aromatic carbocycles. The first kappa shape index (κ1) is 16.3. The van der Waals surface area contributed by atoms with Crippen LogP contribution in [0.3, 0.4) is 0 Å². The van der Waals surface area contributed by atoms with E-state index in [1.807, 2.05) is 0 Å². The molecule has 1 amide bonds. The van der Waals surface area contributed by atoms with E-state index in [0.717, 1.165) is 64.2 Å². The number of carbonyl (C=O) groups is 1. The number of nitrogens with zero attached hydrogens (tertiary/aromatic N) is 4. The Labute approximate surface area is 148 Å². The van der Waals surface area contributed by atoms with Crippen LogP contribution in [0, 0.1) is 16.7 Å². The van der Waals surface area contributed by atoms with Gasteiger partial charge in [0.15, 0.2) is 0 Å². The Hall–Kier alpha value is -2.13. The lowest BCUT2D eigenvalue weighted by Crippen LogP contribution is -2.54. The van der Waals surface area contributed by atoms with Crippen LogP contribution >= 0.6 is 0 Å². The average Bonchev–Trinajstić information content (AvgIpc) is 3.09. The van der Waals surface area contributed by atoms with Crippen LogP contribution in [0.5, 0.6) is 0 Å². The van der Waals surface area contributed by atoms with Crippen LogP contribution in [0.1, 0.15) is 37.7 Å². The van der Waals surface area contributed by atoms with Gasteiger partial charge in [-0.1, -0.05) is 0 Å². The molecule has 4 rings (SSSR count). The summed E-state index contributed by atoms with van der Waals surface area (Å²) in [6, 6.07) is 6.13. The topological polar surface area (TPSA) is 69.5 Å². The van der Waals surface area contributed by atoms with E-state index in [1.54, 1.807) is 18.3 Å². The van der Waals surface area contributed by atoms with Crippen LogP contribution < -0.4 is 4.90 Å². The molecule has 6 nitrogen and oxygen atoms in total. The van der Waals surface area contributed by atoms with Gasteiger partial charge in [-0.3, -0.25) is 4.79 Å². The van der Waals surface area contributed by atoms with Crippen LogP contribution in [-0.2, 0) is 9.53 Å². The molecule has 0 radical (unpaired) electrons. The molecule has 25 heavy (non-hydrogen) atoms. The van der Waals surface area contributed by atoms with Crippen LogP contribution in [0.15, 0.2) is 18.3 Å². The fourth-order valence-corrected chi connectivity index (χ4v) is 4.61. The Kier molecular flexibility index (Phi) is 4.34. The van der Waals surface area contributed by atoms with Gasteiger partial charge in [-0.15, -0.1) is 0 Å². The Morgan fingerprint density at radius 3 is 2.92 bits per heavy atom. The smallest absolute Gasteiger partial charge is 0.230 e. The molecular weight excluding hydrogens is 316 g/mol. The summed E-state index contributed by atoms with van der Waals surface area (Å²) < 4.78 is 5.46. The van der Waals surface area contributed by atoms with Crippen molar-refractivity contribution in [3.63, 3.8) is 0 Å². The van der Waals surface area contributed by atoms with Gasteiger partial charge in [0, 0.05) is 45.1 Å². The van der Waals surface area contributed by atoms with Gasteiger partial charge in [-0.25, -0.2) is 4.98 Å². The van der Waals surface area contributed by atoms with E-state index in [4.69, 9.17) is 4.74 Å². The van der Waals surface area contributed by atoms with Crippen molar-refractivity contribution in [1.29, 1.82) is 5.26 Å². The number of likely N-dealkylation sites (tertiary alicyclic amines) is 1. The van der Waals surface area contributed by atoms with E-state index < -0.39 is 0 Å². The first-order chi connectivity index (χ1) is 12.2. The van der Waals surface area contributed by atoms with Crippen LogP contribution in [0.25, 0.3) is 0 Å². The summed E-state index contributed by atoms with van der Waals surface area (Å²) in [6.07, 6.45) is 6.47. The summed E-state index contributed by atoms with van der Waals surface area (Å²) in [5.74, 6) is 1.03. The summed E-state index contributed by atoms with van der Waals surface area (Å²) in [6.45, 7) is 3.86. The highest BCUT2D eigenvalue weighted by atomic mass is 16.5. The molecule has 1 atom stereocenters. The second-order valence-corrected chi connectivity index (χ2v) is 7.38. The third-order valence-electron chi connectivity index (χ3n) is 5.96. The SMILES string of the molecule is N#Cc1cccnc1N1CC[C@]2(CCCN(C3CCOCC3)C2=O)C1. The molecule has 3 saturated heterocycles. The number of carbonyl (C=O) groups excluding carboxylic acids is 1. The van der Waals surface area contributed by atoms with Crippen LogP contribution in [-0.4, -0.2) is 54.7 Å². The number of rotatable bonds is 2. The zero-order chi connectivity index (χ0) is 17.3. The number of ether oxygens (including phenoxy) is 1. The van der Waals surface area contributed by atoms with Crippen molar-refractivity contribution in [2.75, 3.05) is 37.7 Å². The molecule has 6 heteroatoms. The molecular formula is C19H24N4O2. The van der Waals surface area contributed by atoms with Crippen LogP contribution in [0.2, 0.25) is 0 Å². The monoisotopic (exact) mass is 340 g/mol. The molecule has 132 valence electrons. The standard InChI is InChI=1S/C19H24N4O2/c20-13-15-3-1-8-21-17(15)22-10-7-19(14-22)6-2-9-23(18(19)24)16-4-11-25-12-5-16/h1,3,8,16H,2,4-7,9-12,14H2/t19-/m1/s1. The highest BCUT2D eigenvalue weighted by Gasteiger charge is 2.50. The van der Waals surface area contributed by atoms with E-state index in [1.165, 1.54) is 0 Å². The molecule has 3 aliphatic rings. The van der Waals surface area contributed by atoms with E-state index in [-0.39, 0.29) is 5.41 Å². The third kappa shape index (κ3) is 2.87. The van der Waals surface area contributed by atoms with Gasteiger partial charge < -0.3 is 14.5 Å². The Morgan fingerprint density at radius 2 is 2.12 bits per heavy atom. The van der Waals surface area contributed by atoms with Crippen molar-refractivity contribution < 1.29 is 9.53 Å². The van der Waals surface area contributed by atoms with Crippen molar-refractivity contribution in [1.82, 2.24) is 9.88 Å². The van der Waals surface area contributed by atoms with E-state index in [9.17, 15) is 10.1 Å². The summed E-state index contributed by atoms with van der Waals surface area (Å²) in [5, 5.41) is 9.34. The van der Waals surface area contributed by atoms with Gasteiger partial charge in [0.05, 0.1) is 11.0 Å². The number of piperidine rings is 1. The summed E-state index contributed by atoms with van der Waals surface area (Å²) >= 11 is 0. The number of anilines is 1. The molecule has 3 aliphatic heterocycles. The zero-order valence-electron chi connectivity index (χ0n) is 14.5. The van der Waals surface area contributed by atoms with Gasteiger partial charge in [-0.05, 0) is 44.2 Å². The number of hydrogen-bond donors (Lipinski definition) is 0. The lowest BCUT2D eigenvalue weighted by molar-refractivity contribution is -0.149. The third-order valence-corrected chi connectivity index (χ3v) is 5.96. The molecule has 0 saturated carbocycles. The molecule has 1 spiro atoms. The quantitative estimate of drug-likeness (QED) is 0.823. The lowest BCUT2D eigenvalue weighted by Gasteiger charge is -2.44. The average molecular weight is 340 g/mol. The first-order valence-corrected chi connectivity index (χ1v) is 9.22. The first-order valence-electron chi connectivity index (χ1n) is 9.22. The van der Waals surface area contributed by atoms with Crippen molar-refractivity contribution >= 4 is 11.7 Å². The summed E-state index contributed by atoms with van der Waals surface area (Å²) in [5.41, 5.74) is 0.282. The number of amides is 1. The Morgan fingerprint density at radius 1 is 1.28 bits per heavy atom. The number of hydrogen-bond acceptors (Lipinski definition) is 5.